The van der Waals surface area contributed by atoms with E-state index in [1.54, 1.807) is 0 Å². The predicted molar refractivity (Wildman–Crippen MR) is 51.8 cm³/mol. The third kappa shape index (κ3) is 4.24. The first-order valence-corrected chi connectivity index (χ1v) is 4.27. The van der Waals surface area contributed by atoms with Gasteiger partial charge in [0.1, 0.15) is 6.33 Å². The molecule has 1 heterocycles. The summed E-state index contributed by atoms with van der Waals surface area (Å²) >= 11 is 0. The van der Waals surface area contributed by atoms with E-state index in [-0.39, 0.29) is 0 Å². The van der Waals surface area contributed by atoms with E-state index in [0.717, 1.165) is 25.1 Å². The van der Waals surface area contributed by atoms with Crippen molar-refractivity contribution in [3.8, 4) is 11.8 Å². The highest BCUT2D eigenvalue weighted by molar-refractivity contribution is 5.01. The summed E-state index contributed by atoms with van der Waals surface area (Å²) in [5.41, 5.74) is 1.10. The first kappa shape index (κ1) is 9.69. The van der Waals surface area contributed by atoms with Crippen LogP contribution in [0.3, 0.4) is 0 Å². The minimum absolute atomic E-state index is 0.812. The van der Waals surface area contributed by atoms with E-state index in [0.29, 0.717) is 0 Å². The molecule has 13 heavy (non-hydrogen) atoms. The third-order valence-corrected chi connectivity index (χ3v) is 1.55. The fraction of sp³-hybridized carbons (Fsp3) is 0.400. The lowest BCUT2D eigenvalue weighted by atomic mass is 10.3. The van der Waals surface area contributed by atoms with Gasteiger partial charge >= 0.3 is 0 Å². The van der Waals surface area contributed by atoms with Crippen molar-refractivity contribution in [1.29, 1.82) is 0 Å². The van der Waals surface area contributed by atoms with E-state index < -0.39 is 0 Å². The molecule has 3 nitrogen and oxygen atoms in total. The first-order valence-electron chi connectivity index (χ1n) is 4.27. The van der Waals surface area contributed by atoms with Crippen molar-refractivity contribution in [2.75, 3.05) is 6.54 Å². The van der Waals surface area contributed by atoms with Crippen LogP contribution < -0.4 is 5.32 Å². The highest BCUT2D eigenvalue weighted by Crippen LogP contribution is 1.90. The Morgan fingerprint density at radius 3 is 2.85 bits per heavy atom. The van der Waals surface area contributed by atoms with Gasteiger partial charge in [-0.15, -0.1) is 11.8 Å². The van der Waals surface area contributed by atoms with Crippen LogP contribution in [0.25, 0.3) is 0 Å². The number of nitrogens with zero attached hydrogens (tertiary/aromatic N) is 2. The fourth-order valence-corrected chi connectivity index (χ4v) is 0.930. The minimum atomic E-state index is 0.812. The summed E-state index contributed by atoms with van der Waals surface area (Å²) in [6.45, 7) is 3.58. The molecular weight excluding hydrogens is 162 g/mol. The summed E-state index contributed by atoms with van der Waals surface area (Å²) in [6, 6.07) is 0. The second-order valence-corrected chi connectivity index (χ2v) is 2.60. The molecule has 68 valence electrons. The van der Waals surface area contributed by atoms with Crippen LogP contribution in [0.5, 0.6) is 0 Å². The van der Waals surface area contributed by atoms with Gasteiger partial charge in [-0.25, -0.2) is 9.97 Å². The smallest absolute Gasteiger partial charge is 0.115 e. The molecule has 0 bridgehead atoms. The molecule has 0 aromatic carbocycles. The van der Waals surface area contributed by atoms with E-state index in [1.807, 2.05) is 19.3 Å². The van der Waals surface area contributed by atoms with E-state index >= 15 is 0 Å². The van der Waals surface area contributed by atoms with Crippen LogP contribution >= 0.6 is 0 Å². The molecule has 1 N–H and O–H groups in total. The molecule has 0 atom stereocenters. The molecule has 0 unspecified atom stereocenters. The molecule has 0 saturated carbocycles. The molecule has 0 fully saturated rings. The first-order chi connectivity index (χ1) is 6.43. The van der Waals surface area contributed by atoms with Gasteiger partial charge in [0, 0.05) is 37.5 Å². The Morgan fingerprint density at radius 1 is 1.38 bits per heavy atom. The summed E-state index contributed by atoms with van der Waals surface area (Å²) in [4.78, 5) is 7.84. The summed E-state index contributed by atoms with van der Waals surface area (Å²) < 4.78 is 0. The lowest BCUT2D eigenvalue weighted by Gasteiger charge is -2.00. The van der Waals surface area contributed by atoms with Crippen LogP contribution in [-0.2, 0) is 6.54 Å². The molecule has 0 amide bonds. The Labute approximate surface area is 78.6 Å². The Hall–Kier alpha value is -1.40. The summed E-state index contributed by atoms with van der Waals surface area (Å²) in [7, 11) is 0. The average molecular weight is 175 g/mol. The molecule has 0 radical (unpaired) electrons. The fourth-order valence-electron chi connectivity index (χ4n) is 0.930. The van der Waals surface area contributed by atoms with Crippen LogP contribution in [0, 0.1) is 11.8 Å². The van der Waals surface area contributed by atoms with Crippen molar-refractivity contribution >= 4 is 0 Å². The van der Waals surface area contributed by atoms with E-state index in [4.69, 9.17) is 0 Å². The van der Waals surface area contributed by atoms with Crippen molar-refractivity contribution in [1.82, 2.24) is 15.3 Å². The van der Waals surface area contributed by atoms with Gasteiger partial charge in [0.2, 0.25) is 0 Å². The van der Waals surface area contributed by atoms with E-state index in [9.17, 15) is 0 Å². The van der Waals surface area contributed by atoms with Crippen LogP contribution in [0.15, 0.2) is 18.7 Å². The number of aromatic nitrogens is 2. The molecule has 0 saturated heterocycles. The highest BCUT2D eigenvalue weighted by atomic mass is 14.9. The zero-order chi connectivity index (χ0) is 9.36. The summed E-state index contributed by atoms with van der Waals surface area (Å²) in [5, 5.41) is 3.25. The van der Waals surface area contributed by atoms with Crippen LogP contribution in [0.2, 0.25) is 0 Å². The zero-order valence-corrected chi connectivity index (χ0v) is 7.75. The molecule has 3 heteroatoms. The predicted octanol–water partition coefficient (Wildman–Crippen LogP) is 0.980. The monoisotopic (exact) mass is 175 g/mol. The molecule has 1 aromatic rings. The van der Waals surface area contributed by atoms with Gasteiger partial charge in [-0.2, -0.15) is 0 Å². The van der Waals surface area contributed by atoms with Gasteiger partial charge in [0.05, 0.1) is 0 Å². The van der Waals surface area contributed by atoms with E-state index in [2.05, 4.69) is 27.1 Å². The lowest BCUT2D eigenvalue weighted by Crippen LogP contribution is -2.14. The van der Waals surface area contributed by atoms with Crippen molar-refractivity contribution in [2.45, 2.75) is 19.9 Å². The van der Waals surface area contributed by atoms with Gasteiger partial charge in [-0.05, 0) is 6.92 Å². The van der Waals surface area contributed by atoms with Crippen LogP contribution in [0.1, 0.15) is 18.9 Å². The van der Waals surface area contributed by atoms with Gasteiger partial charge in [-0.3, -0.25) is 0 Å². The third-order valence-electron chi connectivity index (χ3n) is 1.55. The largest absolute Gasteiger partial charge is 0.312 e. The van der Waals surface area contributed by atoms with Crippen molar-refractivity contribution in [3.63, 3.8) is 0 Å². The molecule has 0 aliphatic carbocycles. The van der Waals surface area contributed by atoms with Crippen LogP contribution in [0.4, 0.5) is 0 Å². The molecule has 1 rings (SSSR count). The summed E-state index contributed by atoms with van der Waals surface area (Å²) in [5.74, 6) is 5.84. The number of hydrogen-bond donors (Lipinski definition) is 1. The maximum Gasteiger partial charge on any atom is 0.115 e. The Balaban J connectivity index is 2.16. The quantitative estimate of drug-likeness (QED) is 0.547. The Bertz CT molecular complexity index is 284. The second-order valence-electron chi connectivity index (χ2n) is 2.60. The molecular formula is C10H13N3. The van der Waals surface area contributed by atoms with Gasteiger partial charge in [-0.1, -0.05) is 0 Å². The molecule has 0 spiro atoms. The number of nitrogens with one attached hydrogen (secondary N) is 1. The van der Waals surface area contributed by atoms with Gasteiger partial charge in [0.15, 0.2) is 0 Å². The normalized spacial score (nSPS) is 9.00. The topological polar surface area (TPSA) is 37.8 Å². The zero-order valence-electron chi connectivity index (χ0n) is 7.75. The Morgan fingerprint density at radius 2 is 2.15 bits per heavy atom. The maximum absolute atomic E-state index is 3.92. The standard InChI is InChI=1S/C10H13N3/c1-2-3-4-5-11-6-10-7-12-9-13-8-10/h7-9,11H,4-6H2,1H3. The van der Waals surface area contributed by atoms with Gasteiger partial charge < -0.3 is 5.32 Å². The Kier molecular flexibility index (Phi) is 4.58. The molecule has 0 aliphatic rings. The molecule has 1 aromatic heterocycles. The molecule has 0 aliphatic heterocycles. The SMILES string of the molecule is CC#CCCNCc1cncnc1. The van der Waals surface area contributed by atoms with Crippen LogP contribution in [-0.4, -0.2) is 16.5 Å². The summed E-state index contributed by atoms with van der Waals surface area (Å²) in [6.07, 6.45) is 6.05. The van der Waals surface area contributed by atoms with Crippen molar-refractivity contribution in [2.24, 2.45) is 0 Å². The number of hydrogen-bond acceptors (Lipinski definition) is 3. The average Bonchev–Trinajstić information content (AvgIpc) is 2.19. The van der Waals surface area contributed by atoms with E-state index in [1.165, 1.54) is 6.33 Å². The van der Waals surface area contributed by atoms with Crippen molar-refractivity contribution < 1.29 is 0 Å². The highest BCUT2D eigenvalue weighted by Gasteiger charge is 1.89. The van der Waals surface area contributed by atoms with Gasteiger partial charge in [0.25, 0.3) is 0 Å². The van der Waals surface area contributed by atoms with Crippen molar-refractivity contribution in [3.05, 3.63) is 24.3 Å². The lowest BCUT2D eigenvalue weighted by molar-refractivity contribution is 0.696. The number of rotatable bonds is 4. The minimum Gasteiger partial charge on any atom is -0.312 e. The second kappa shape index (κ2) is 6.15. The maximum atomic E-state index is 3.92.